The second-order valence-electron chi connectivity index (χ2n) is 6.18. The van der Waals surface area contributed by atoms with E-state index in [1.807, 2.05) is 38.2 Å². The maximum atomic E-state index is 13.1. The second kappa shape index (κ2) is 5.37. The summed E-state index contributed by atoms with van der Waals surface area (Å²) in [4.78, 5) is 20.5. The van der Waals surface area contributed by atoms with E-state index in [0.29, 0.717) is 0 Å². The molecule has 0 amide bonds. The van der Waals surface area contributed by atoms with Crippen LogP contribution < -0.4 is 4.74 Å². The fourth-order valence-corrected chi connectivity index (χ4v) is 3.49. The van der Waals surface area contributed by atoms with Gasteiger partial charge in [0.05, 0.1) is 24.7 Å². The SMILES string of the molecule is COc1ccc2c(c1)c1c(n2C)CCC(=Cc2nc[nH]c2C)C1=O. The van der Waals surface area contributed by atoms with Crippen LogP contribution in [0.4, 0.5) is 0 Å². The number of aryl methyl sites for hydroxylation is 2. The van der Waals surface area contributed by atoms with Gasteiger partial charge in [-0.2, -0.15) is 0 Å². The zero-order valence-corrected chi connectivity index (χ0v) is 14.0. The quantitative estimate of drug-likeness (QED) is 0.736. The lowest BCUT2D eigenvalue weighted by atomic mass is 9.89. The summed E-state index contributed by atoms with van der Waals surface area (Å²) in [5.74, 6) is 0.862. The zero-order chi connectivity index (χ0) is 16.8. The molecule has 3 aromatic rings. The number of nitrogens with one attached hydrogen (secondary N) is 1. The van der Waals surface area contributed by atoms with Gasteiger partial charge in [0.2, 0.25) is 0 Å². The summed E-state index contributed by atoms with van der Waals surface area (Å²) in [6.07, 6.45) is 5.16. The van der Waals surface area contributed by atoms with Crippen molar-refractivity contribution in [3.05, 3.63) is 52.7 Å². The van der Waals surface area contributed by atoms with Gasteiger partial charge in [-0.1, -0.05) is 0 Å². The highest BCUT2D eigenvalue weighted by Crippen LogP contribution is 2.35. The lowest BCUT2D eigenvalue weighted by molar-refractivity contribution is 0.102. The minimum absolute atomic E-state index is 0.0949. The number of aromatic nitrogens is 3. The first-order valence-electron chi connectivity index (χ1n) is 8.00. The van der Waals surface area contributed by atoms with Gasteiger partial charge in [-0.15, -0.1) is 0 Å². The van der Waals surface area contributed by atoms with Crippen molar-refractivity contribution in [3.8, 4) is 5.75 Å². The van der Waals surface area contributed by atoms with E-state index < -0.39 is 0 Å². The Kier molecular flexibility index (Phi) is 3.30. The van der Waals surface area contributed by atoms with Crippen molar-refractivity contribution in [1.82, 2.24) is 14.5 Å². The van der Waals surface area contributed by atoms with Gasteiger partial charge < -0.3 is 14.3 Å². The van der Waals surface area contributed by atoms with Gasteiger partial charge in [0.1, 0.15) is 5.75 Å². The summed E-state index contributed by atoms with van der Waals surface area (Å²) >= 11 is 0. The van der Waals surface area contributed by atoms with Crippen molar-refractivity contribution >= 4 is 22.8 Å². The van der Waals surface area contributed by atoms with Crippen molar-refractivity contribution < 1.29 is 9.53 Å². The number of methoxy groups -OCH3 is 1. The molecule has 0 fully saturated rings. The Hall–Kier alpha value is -2.82. The molecule has 0 atom stereocenters. The summed E-state index contributed by atoms with van der Waals surface area (Å²) in [5.41, 5.74) is 5.58. The summed E-state index contributed by atoms with van der Waals surface area (Å²) < 4.78 is 7.46. The number of benzene rings is 1. The summed E-state index contributed by atoms with van der Waals surface area (Å²) in [6.45, 7) is 1.96. The fourth-order valence-electron chi connectivity index (χ4n) is 3.49. The number of H-pyrrole nitrogens is 1. The molecule has 4 rings (SSSR count). The van der Waals surface area contributed by atoms with Crippen LogP contribution in [0.1, 0.15) is 33.9 Å². The Morgan fingerprint density at radius 1 is 1.33 bits per heavy atom. The van der Waals surface area contributed by atoms with Crippen LogP contribution in [0.3, 0.4) is 0 Å². The summed E-state index contributed by atoms with van der Waals surface area (Å²) in [6, 6.07) is 5.90. The maximum Gasteiger partial charge on any atom is 0.191 e. The van der Waals surface area contributed by atoms with Crippen molar-refractivity contribution in [1.29, 1.82) is 0 Å². The molecule has 0 aliphatic heterocycles. The highest BCUT2D eigenvalue weighted by molar-refractivity contribution is 6.20. The molecule has 0 saturated carbocycles. The van der Waals surface area contributed by atoms with E-state index in [1.54, 1.807) is 13.4 Å². The third kappa shape index (κ3) is 2.08. The lowest BCUT2D eigenvalue weighted by Gasteiger charge is -2.16. The van der Waals surface area contributed by atoms with Gasteiger partial charge in [-0.25, -0.2) is 4.98 Å². The number of imidazole rings is 1. The van der Waals surface area contributed by atoms with Crippen molar-refractivity contribution in [3.63, 3.8) is 0 Å². The minimum Gasteiger partial charge on any atom is -0.497 e. The van der Waals surface area contributed by atoms with E-state index in [-0.39, 0.29) is 5.78 Å². The van der Waals surface area contributed by atoms with Crippen LogP contribution in [0, 0.1) is 6.92 Å². The normalized spacial score (nSPS) is 16.0. The van der Waals surface area contributed by atoms with E-state index in [0.717, 1.165) is 57.7 Å². The van der Waals surface area contributed by atoms with Crippen molar-refractivity contribution in [2.75, 3.05) is 7.11 Å². The molecule has 1 aromatic carbocycles. The first-order chi connectivity index (χ1) is 11.6. The molecular formula is C19H19N3O2. The van der Waals surface area contributed by atoms with E-state index in [9.17, 15) is 4.79 Å². The largest absolute Gasteiger partial charge is 0.497 e. The number of rotatable bonds is 2. The predicted octanol–water partition coefficient (Wildman–Crippen LogP) is 3.43. The Morgan fingerprint density at radius 2 is 2.17 bits per heavy atom. The number of hydrogen-bond acceptors (Lipinski definition) is 3. The molecule has 2 aromatic heterocycles. The molecule has 0 saturated heterocycles. The molecule has 0 unspecified atom stereocenters. The van der Waals surface area contributed by atoms with Crippen LogP contribution in [-0.2, 0) is 13.5 Å². The number of allylic oxidation sites excluding steroid dienone is 1. The number of fused-ring (bicyclic) bond motifs is 3. The van der Waals surface area contributed by atoms with E-state index in [2.05, 4.69) is 14.5 Å². The van der Waals surface area contributed by atoms with E-state index in [4.69, 9.17) is 4.74 Å². The molecule has 122 valence electrons. The molecule has 24 heavy (non-hydrogen) atoms. The maximum absolute atomic E-state index is 13.1. The molecule has 1 aliphatic rings. The van der Waals surface area contributed by atoms with Crippen molar-refractivity contribution in [2.24, 2.45) is 7.05 Å². The molecule has 5 nitrogen and oxygen atoms in total. The Morgan fingerprint density at radius 3 is 2.88 bits per heavy atom. The number of carbonyl (C=O) groups is 1. The van der Waals surface area contributed by atoms with Crippen LogP contribution in [0.5, 0.6) is 5.75 Å². The highest BCUT2D eigenvalue weighted by Gasteiger charge is 2.28. The first kappa shape index (κ1) is 14.8. The number of aromatic amines is 1. The zero-order valence-electron chi connectivity index (χ0n) is 14.0. The Labute approximate surface area is 140 Å². The molecule has 1 aliphatic carbocycles. The average molecular weight is 321 g/mol. The molecule has 2 heterocycles. The van der Waals surface area contributed by atoms with Gasteiger partial charge in [-0.05, 0) is 44.0 Å². The number of nitrogens with zero attached hydrogens (tertiary/aromatic N) is 2. The summed E-state index contributed by atoms with van der Waals surface area (Å²) in [5, 5.41) is 0.959. The second-order valence-corrected chi connectivity index (χ2v) is 6.18. The average Bonchev–Trinajstić information content (AvgIpc) is 3.12. The van der Waals surface area contributed by atoms with Crippen LogP contribution in [0.15, 0.2) is 30.1 Å². The van der Waals surface area contributed by atoms with Gasteiger partial charge in [0.15, 0.2) is 5.78 Å². The molecule has 0 spiro atoms. The smallest absolute Gasteiger partial charge is 0.191 e. The number of Topliss-reactive ketones (excluding diaryl/α,β-unsaturated/α-hetero) is 1. The number of ether oxygens (including phenoxy) is 1. The van der Waals surface area contributed by atoms with Crippen LogP contribution in [0.2, 0.25) is 0 Å². The summed E-state index contributed by atoms with van der Waals surface area (Å²) in [7, 11) is 3.66. The highest BCUT2D eigenvalue weighted by atomic mass is 16.5. The molecule has 0 radical (unpaired) electrons. The standard InChI is InChI=1S/C19H19N3O2/c1-11-15(21-10-20-11)8-12-4-6-17-18(19(12)23)14-9-13(24-3)5-7-16(14)22(17)2/h5,7-10H,4,6H2,1-3H3,(H,20,21). The van der Waals surface area contributed by atoms with Crippen LogP contribution in [0.25, 0.3) is 17.0 Å². The molecule has 0 bridgehead atoms. The third-order valence-corrected chi connectivity index (χ3v) is 4.86. The topological polar surface area (TPSA) is 59.9 Å². The fraction of sp³-hybridized carbons (Fsp3) is 0.263. The van der Waals surface area contributed by atoms with E-state index >= 15 is 0 Å². The Balaban J connectivity index is 1.89. The first-order valence-corrected chi connectivity index (χ1v) is 8.00. The van der Waals surface area contributed by atoms with Crippen molar-refractivity contribution in [2.45, 2.75) is 19.8 Å². The third-order valence-electron chi connectivity index (χ3n) is 4.86. The van der Waals surface area contributed by atoms with Crippen LogP contribution >= 0.6 is 0 Å². The molecule has 5 heteroatoms. The van der Waals surface area contributed by atoms with Gasteiger partial charge in [0, 0.05) is 34.9 Å². The van der Waals surface area contributed by atoms with Crippen LogP contribution in [-0.4, -0.2) is 27.4 Å². The monoisotopic (exact) mass is 321 g/mol. The number of ketones is 1. The van der Waals surface area contributed by atoms with Gasteiger partial charge in [0.25, 0.3) is 0 Å². The number of hydrogen-bond donors (Lipinski definition) is 1. The minimum atomic E-state index is 0.0949. The lowest BCUT2D eigenvalue weighted by Crippen LogP contribution is -2.15. The number of carbonyl (C=O) groups excluding carboxylic acids is 1. The van der Waals surface area contributed by atoms with Gasteiger partial charge >= 0.3 is 0 Å². The van der Waals surface area contributed by atoms with Gasteiger partial charge in [-0.3, -0.25) is 4.79 Å². The predicted molar refractivity (Wildman–Crippen MR) is 93.4 cm³/mol. The Bertz CT molecular complexity index is 992. The molecular weight excluding hydrogens is 302 g/mol. The van der Waals surface area contributed by atoms with E-state index in [1.165, 1.54) is 0 Å². The molecule has 1 N–H and O–H groups in total.